The van der Waals surface area contributed by atoms with E-state index in [0.29, 0.717) is 6.42 Å². The molecule has 2 unspecified atom stereocenters. The van der Waals surface area contributed by atoms with Crippen molar-refractivity contribution in [3.8, 4) is 0 Å². The van der Waals surface area contributed by atoms with Crippen LogP contribution in [-0.2, 0) is 14.6 Å². The van der Waals surface area contributed by atoms with Crippen LogP contribution in [0.3, 0.4) is 0 Å². The molecule has 0 aromatic rings. The van der Waals surface area contributed by atoms with Crippen molar-refractivity contribution in [3.63, 3.8) is 0 Å². The molecule has 15 heavy (non-hydrogen) atoms. The van der Waals surface area contributed by atoms with Gasteiger partial charge in [0.25, 0.3) is 0 Å². The monoisotopic (exact) mass is 232 g/mol. The molecule has 88 valence electrons. The van der Waals surface area contributed by atoms with Gasteiger partial charge in [0.1, 0.15) is 6.10 Å². The van der Waals surface area contributed by atoms with Crippen LogP contribution in [0.25, 0.3) is 0 Å². The number of rotatable bonds is 7. The fraction of sp³-hybridized carbons (Fsp3) is 0.909. The van der Waals surface area contributed by atoms with E-state index < -0.39 is 0 Å². The van der Waals surface area contributed by atoms with E-state index in [-0.39, 0.29) is 17.3 Å². The Labute approximate surface area is 96.9 Å². The van der Waals surface area contributed by atoms with Crippen molar-refractivity contribution in [2.45, 2.75) is 64.1 Å². The van der Waals surface area contributed by atoms with Crippen LogP contribution >= 0.6 is 12.6 Å². The Morgan fingerprint density at radius 1 is 1.27 bits per heavy atom. The number of thiol groups is 1. The molecular formula is C11H20O3S. The summed E-state index contributed by atoms with van der Waals surface area (Å²) in [7, 11) is 0. The molecule has 4 heteroatoms. The zero-order chi connectivity index (χ0) is 11.1. The minimum absolute atomic E-state index is 0.0776. The maximum absolute atomic E-state index is 10.7. The molecule has 0 radical (unpaired) electrons. The minimum Gasteiger partial charge on any atom is -0.287 e. The molecule has 0 spiro atoms. The Kier molecular flexibility index (Phi) is 6.29. The highest BCUT2D eigenvalue weighted by Gasteiger charge is 2.27. The van der Waals surface area contributed by atoms with Crippen molar-refractivity contribution < 1.29 is 14.6 Å². The molecule has 1 aliphatic rings. The van der Waals surface area contributed by atoms with Gasteiger partial charge >= 0.3 is 0 Å². The number of carbonyl (C=O) groups excluding carboxylic acids is 1. The van der Waals surface area contributed by atoms with Crippen LogP contribution in [0.4, 0.5) is 0 Å². The summed E-state index contributed by atoms with van der Waals surface area (Å²) < 4.78 is 0. The molecule has 0 aliphatic carbocycles. The molecule has 1 rings (SSSR count). The lowest BCUT2D eigenvalue weighted by atomic mass is 10.0. The SMILES string of the molecule is CCCCCCC1CC(CC(=O)S)OO1. The van der Waals surface area contributed by atoms with Gasteiger partial charge in [-0.15, -0.1) is 12.6 Å². The first-order valence-electron chi connectivity index (χ1n) is 5.76. The van der Waals surface area contributed by atoms with Gasteiger partial charge in [-0.25, -0.2) is 9.78 Å². The van der Waals surface area contributed by atoms with Crippen LogP contribution in [0.15, 0.2) is 0 Å². The van der Waals surface area contributed by atoms with Crippen LogP contribution in [0.1, 0.15) is 51.9 Å². The maximum Gasteiger partial charge on any atom is 0.188 e. The lowest BCUT2D eigenvalue weighted by molar-refractivity contribution is -0.296. The second kappa shape index (κ2) is 7.25. The van der Waals surface area contributed by atoms with Crippen LogP contribution < -0.4 is 0 Å². The van der Waals surface area contributed by atoms with Gasteiger partial charge in [-0.05, 0) is 6.42 Å². The molecule has 1 fully saturated rings. The molecule has 2 atom stereocenters. The summed E-state index contributed by atoms with van der Waals surface area (Å²) in [5.41, 5.74) is 0. The van der Waals surface area contributed by atoms with E-state index in [1.54, 1.807) is 0 Å². The second-order valence-corrected chi connectivity index (χ2v) is 4.62. The fourth-order valence-corrected chi connectivity index (χ4v) is 2.01. The van der Waals surface area contributed by atoms with Crippen molar-refractivity contribution >= 4 is 17.7 Å². The molecule has 0 N–H and O–H groups in total. The van der Waals surface area contributed by atoms with Crippen LogP contribution in [0.2, 0.25) is 0 Å². The van der Waals surface area contributed by atoms with Gasteiger partial charge in [-0.2, -0.15) is 0 Å². The first-order valence-corrected chi connectivity index (χ1v) is 6.21. The highest BCUT2D eigenvalue weighted by atomic mass is 32.1. The molecule has 1 heterocycles. The summed E-state index contributed by atoms with van der Waals surface area (Å²) in [6.07, 6.45) is 7.30. The van der Waals surface area contributed by atoms with Gasteiger partial charge in [-0.1, -0.05) is 32.6 Å². The normalized spacial score (nSPS) is 25.7. The van der Waals surface area contributed by atoms with Crippen molar-refractivity contribution in [3.05, 3.63) is 0 Å². The minimum atomic E-state index is -0.129. The molecular weight excluding hydrogens is 212 g/mol. The van der Waals surface area contributed by atoms with Crippen LogP contribution in [0, 0.1) is 0 Å². The highest BCUT2D eigenvalue weighted by molar-refractivity contribution is 7.96. The molecule has 0 amide bonds. The van der Waals surface area contributed by atoms with Gasteiger partial charge in [0, 0.05) is 12.8 Å². The zero-order valence-electron chi connectivity index (χ0n) is 9.28. The van der Waals surface area contributed by atoms with Crippen molar-refractivity contribution in [2.24, 2.45) is 0 Å². The van der Waals surface area contributed by atoms with Gasteiger partial charge in [0.15, 0.2) is 5.12 Å². The summed E-state index contributed by atoms with van der Waals surface area (Å²) in [6.45, 7) is 2.20. The summed E-state index contributed by atoms with van der Waals surface area (Å²) in [5.74, 6) is 0. The summed E-state index contributed by atoms with van der Waals surface area (Å²) in [5, 5.41) is -0.129. The molecule has 0 bridgehead atoms. The lowest BCUT2D eigenvalue weighted by Crippen LogP contribution is -2.10. The standard InChI is InChI=1S/C11H20O3S/c1-2-3-4-5-6-9-7-10(14-13-9)8-11(12)15/h9-10H,2-8H2,1H3,(H,12,15). The third-order valence-corrected chi connectivity index (χ3v) is 2.82. The molecule has 0 aromatic carbocycles. The lowest BCUT2D eigenvalue weighted by Gasteiger charge is -2.05. The Balaban J connectivity index is 2.05. The number of hydrogen-bond acceptors (Lipinski definition) is 3. The summed E-state index contributed by atoms with van der Waals surface area (Å²) >= 11 is 3.73. The second-order valence-electron chi connectivity index (χ2n) is 4.12. The third-order valence-electron chi connectivity index (χ3n) is 2.64. The van der Waals surface area contributed by atoms with Crippen molar-refractivity contribution in [2.75, 3.05) is 0 Å². The van der Waals surface area contributed by atoms with E-state index >= 15 is 0 Å². The van der Waals surface area contributed by atoms with Crippen molar-refractivity contribution in [1.82, 2.24) is 0 Å². The Hall–Kier alpha value is -0.0600. The highest BCUT2D eigenvalue weighted by Crippen LogP contribution is 2.24. The predicted octanol–water partition coefficient (Wildman–Crippen LogP) is 2.89. The molecule has 1 aliphatic heterocycles. The largest absolute Gasteiger partial charge is 0.287 e. The average Bonchev–Trinajstić information content (AvgIpc) is 2.59. The van der Waals surface area contributed by atoms with E-state index in [0.717, 1.165) is 12.8 Å². The quantitative estimate of drug-likeness (QED) is 0.416. The Morgan fingerprint density at radius 2 is 2.00 bits per heavy atom. The fourth-order valence-electron chi connectivity index (χ4n) is 1.81. The Morgan fingerprint density at radius 3 is 2.67 bits per heavy atom. The molecule has 0 aromatic heterocycles. The molecule has 1 saturated heterocycles. The molecule has 0 saturated carbocycles. The smallest absolute Gasteiger partial charge is 0.188 e. The van der Waals surface area contributed by atoms with Gasteiger partial charge in [-0.3, -0.25) is 4.79 Å². The topological polar surface area (TPSA) is 35.5 Å². The zero-order valence-corrected chi connectivity index (χ0v) is 10.2. The van der Waals surface area contributed by atoms with Crippen LogP contribution in [-0.4, -0.2) is 17.3 Å². The number of carbonyl (C=O) groups is 1. The number of unbranched alkanes of at least 4 members (excludes halogenated alkanes) is 3. The van der Waals surface area contributed by atoms with E-state index in [1.807, 2.05) is 0 Å². The van der Waals surface area contributed by atoms with Gasteiger partial charge < -0.3 is 0 Å². The van der Waals surface area contributed by atoms with Crippen LogP contribution in [0.5, 0.6) is 0 Å². The van der Waals surface area contributed by atoms with Gasteiger partial charge in [0.05, 0.1) is 6.10 Å². The Bertz CT molecular complexity index is 196. The molecule has 3 nitrogen and oxygen atoms in total. The van der Waals surface area contributed by atoms with E-state index in [9.17, 15) is 4.79 Å². The van der Waals surface area contributed by atoms with E-state index in [2.05, 4.69) is 19.6 Å². The van der Waals surface area contributed by atoms with E-state index in [1.165, 1.54) is 25.7 Å². The summed E-state index contributed by atoms with van der Waals surface area (Å²) in [6, 6.07) is 0. The predicted molar refractivity (Wildman–Crippen MR) is 61.7 cm³/mol. The first kappa shape index (κ1) is 13.0. The van der Waals surface area contributed by atoms with E-state index in [4.69, 9.17) is 9.78 Å². The third kappa shape index (κ3) is 5.54. The first-order chi connectivity index (χ1) is 7.22. The van der Waals surface area contributed by atoms with Crippen molar-refractivity contribution in [1.29, 1.82) is 0 Å². The number of hydrogen-bond donors (Lipinski definition) is 1. The average molecular weight is 232 g/mol. The van der Waals surface area contributed by atoms with Gasteiger partial charge in [0.2, 0.25) is 0 Å². The maximum atomic E-state index is 10.7. The summed E-state index contributed by atoms with van der Waals surface area (Å²) in [4.78, 5) is 21.0.